The van der Waals surface area contributed by atoms with Gasteiger partial charge in [-0.3, -0.25) is 4.79 Å². The molecular formula is C25H38O4. The summed E-state index contributed by atoms with van der Waals surface area (Å²) in [5.41, 5.74) is 1.88. The number of hydrogen-bond acceptors (Lipinski definition) is 4. The number of ether oxygens (including phenoxy) is 3. The predicted octanol–water partition coefficient (Wildman–Crippen LogP) is 5.26. The lowest BCUT2D eigenvalue weighted by atomic mass is 9.44. The zero-order valence-corrected chi connectivity index (χ0v) is 18.9. The van der Waals surface area contributed by atoms with Crippen LogP contribution in [0.3, 0.4) is 0 Å². The van der Waals surface area contributed by atoms with E-state index in [4.69, 9.17) is 14.2 Å². The highest BCUT2D eigenvalue weighted by molar-refractivity contribution is 5.66. The van der Waals surface area contributed by atoms with Gasteiger partial charge < -0.3 is 14.2 Å². The molecule has 1 saturated heterocycles. The van der Waals surface area contributed by atoms with Crippen molar-refractivity contribution in [2.24, 2.45) is 34.0 Å². The second kappa shape index (κ2) is 6.32. The van der Waals surface area contributed by atoms with Gasteiger partial charge in [0.15, 0.2) is 5.79 Å². The van der Waals surface area contributed by atoms with E-state index in [1.165, 1.54) is 19.3 Å². The maximum atomic E-state index is 11.7. The Kier molecular flexibility index (Phi) is 4.37. The molecule has 0 aromatic carbocycles. The molecule has 0 radical (unpaired) electrons. The van der Waals surface area contributed by atoms with Crippen molar-refractivity contribution in [2.75, 3.05) is 13.2 Å². The van der Waals surface area contributed by atoms with Gasteiger partial charge in [-0.05, 0) is 61.7 Å². The van der Waals surface area contributed by atoms with Crippen molar-refractivity contribution < 1.29 is 19.0 Å². The highest BCUT2D eigenvalue weighted by atomic mass is 16.7. The Morgan fingerprint density at radius 3 is 2.41 bits per heavy atom. The molecule has 1 aliphatic heterocycles. The minimum atomic E-state index is -0.428. The average molecular weight is 403 g/mol. The highest BCUT2D eigenvalue weighted by Crippen LogP contribution is 2.69. The van der Waals surface area contributed by atoms with Crippen molar-refractivity contribution in [3.63, 3.8) is 0 Å². The monoisotopic (exact) mass is 402 g/mol. The minimum absolute atomic E-state index is 0.0851. The normalized spacial score (nSPS) is 47.1. The van der Waals surface area contributed by atoms with Crippen LogP contribution in [0.1, 0.15) is 79.6 Å². The third-order valence-electron chi connectivity index (χ3n) is 10.0. The summed E-state index contributed by atoms with van der Waals surface area (Å²) < 4.78 is 18.3. The minimum Gasteiger partial charge on any atom is -0.462 e. The third-order valence-corrected chi connectivity index (χ3v) is 10.0. The van der Waals surface area contributed by atoms with Gasteiger partial charge in [0.1, 0.15) is 6.10 Å². The van der Waals surface area contributed by atoms with Gasteiger partial charge in [-0.1, -0.05) is 39.3 Å². The quantitative estimate of drug-likeness (QED) is 0.443. The first kappa shape index (κ1) is 20.1. The first-order valence-electron chi connectivity index (χ1n) is 11.8. The maximum Gasteiger partial charge on any atom is 0.302 e. The van der Waals surface area contributed by atoms with Gasteiger partial charge in [0.25, 0.3) is 0 Å². The number of carbonyl (C=O) groups is 1. The molecule has 0 bridgehead atoms. The Bertz CT molecular complexity index is 733. The van der Waals surface area contributed by atoms with Crippen LogP contribution in [0.4, 0.5) is 0 Å². The first-order valence-corrected chi connectivity index (χ1v) is 11.8. The Morgan fingerprint density at radius 2 is 1.72 bits per heavy atom. The molecule has 4 heteroatoms. The zero-order chi connectivity index (χ0) is 20.7. The van der Waals surface area contributed by atoms with Crippen LogP contribution in [0, 0.1) is 34.0 Å². The Labute approximate surface area is 175 Å². The van der Waals surface area contributed by atoms with E-state index in [0.29, 0.717) is 11.8 Å². The second-order valence-electron chi connectivity index (χ2n) is 11.4. The van der Waals surface area contributed by atoms with Crippen LogP contribution in [-0.4, -0.2) is 31.1 Å². The summed E-state index contributed by atoms with van der Waals surface area (Å²) in [7, 11) is 0. The molecule has 0 aromatic heterocycles. The van der Waals surface area contributed by atoms with Crippen LogP contribution in [0.5, 0.6) is 0 Å². The largest absolute Gasteiger partial charge is 0.462 e. The van der Waals surface area contributed by atoms with E-state index in [-0.39, 0.29) is 28.3 Å². The van der Waals surface area contributed by atoms with Gasteiger partial charge in [0.2, 0.25) is 0 Å². The summed E-state index contributed by atoms with van der Waals surface area (Å²) >= 11 is 0. The number of carbonyl (C=O) groups excluding carboxylic acids is 1. The fourth-order valence-electron chi connectivity index (χ4n) is 8.63. The Morgan fingerprint density at radius 1 is 1.00 bits per heavy atom. The molecule has 162 valence electrons. The number of fused-ring (bicyclic) bond motifs is 5. The topological polar surface area (TPSA) is 44.8 Å². The summed E-state index contributed by atoms with van der Waals surface area (Å²) in [6, 6.07) is 0. The predicted molar refractivity (Wildman–Crippen MR) is 111 cm³/mol. The van der Waals surface area contributed by atoms with E-state index in [2.05, 4.69) is 33.8 Å². The average Bonchev–Trinajstić information content (AvgIpc) is 3.25. The molecule has 4 fully saturated rings. The third kappa shape index (κ3) is 2.54. The standard InChI is InChI=1S/C25H38O4/c1-16(26)29-21-9-7-18-17-6-8-20-22(2,3)25(27-14-15-28-25)13-12-23(20,4)19(17)10-11-24(18,21)5/h8,17-19,21H,6-7,9-15H2,1-5H3/t17-,18-,19-,21-,23-,24+/m1/s1. The fourth-order valence-corrected chi connectivity index (χ4v) is 8.63. The molecule has 29 heavy (non-hydrogen) atoms. The van der Waals surface area contributed by atoms with E-state index in [0.717, 1.165) is 44.8 Å². The smallest absolute Gasteiger partial charge is 0.302 e. The SMILES string of the molecule is CC(=O)O[C@@H]1CC[C@@H]2[C@H]3CC=C4C(C)(C)C5(CC[C@]4(C)[C@@H]3CC[C@@]21C)OCCO5. The van der Waals surface area contributed by atoms with Crippen LogP contribution in [0.15, 0.2) is 11.6 Å². The Hall–Kier alpha value is -0.870. The van der Waals surface area contributed by atoms with Crippen LogP contribution in [0.25, 0.3) is 0 Å². The molecule has 0 amide bonds. The van der Waals surface area contributed by atoms with Crippen molar-refractivity contribution in [3.8, 4) is 0 Å². The molecule has 1 spiro atoms. The van der Waals surface area contributed by atoms with Crippen LogP contribution < -0.4 is 0 Å². The lowest BCUT2D eigenvalue weighted by Crippen LogP contribution is -2.59. The van der Waals surface area contributed by atoms with E-state index >= 15 is 0 Å². The summed E-state index contributed by atoms with van der Waals surface area (Å²) in [5.74, 6) is 1.54. The van der Waals surface area contributed by atoms with Gasteiger partial charge in [0.05, 0.1) is 13.2 Å². The van der Waals surface area contributed by atoms with Crippen molar-refractivity contribution in [2.45, 2.75) is 91.5 Å². The van der Waals surface area contributed by atoms with Gasteiger partial charge in [0, 0.05) is 24.2 Å². The maximum absolute atomic E-state index is 11.7. The molecule has 0 unspecified atom stereocenters. The summed E-state index contributed by atoms with van der Waals surface area (Å²) in [5, 5.41) is 0. The lowest BCUT2D eigenvalue weighted by Gasteiger charge is -2.62. The number of hydrogen-bond donors (Lipinski definition) is 0. The van der Waals surface area contributed by atoms with Gasteiger partial charge in [-0.15, -0.1) is 0 Å². The van der Waals surface area contributed by atoms with Crippen molar-refractivity contribution in [3.05, 3.63) is 11.6 Å². The highest BCUT2D eigenvalue weighted by Gasteiger charge is 2.65. The van der Waals surface area contributed by atoms with Gasteiger partial charge in [-0.2, -0.15) is 0 Å². The molecule has 4 nitrogen and oxygen atoms in total. The Balaban J connectivity index is 1.48. The molecule has 0 aromatic rings. The molecule has 4 aliphatic carbocycles. The summed E-state index contributed by atoms with van der Waals surface area (Å²) in [6.07, 6.45) is 10.6. The lowest BCUT2D eigenvalue weighted by molar-refractivity contribution is -0.246. The molecule has 1 heterocycles. The van der Waals surface area contributed by atoms with Crippen molar-refractivity contribution >= 4 is 5.97 Å². The molecule has 6 atom stereocenters. The molecule has 5 aliphatic rings. The van der Waals surface area contributed by atoms with E-state index < -0.39 is 5.79 Å². The number of allylic oxidation sites excluding steroid dienone is 1. The van der Waals surface area contributed by atoms with E-state index in [9.17, 15) is 4.79 Å². The molecule has 0 N–H and O–H groups in total. The van der Waals surface area contributed by atoms with Gasteiger partial charge >= 0.3 is 5.97 Å². The number of esters is 1. The van der Waals surface area contributed by atoms with Crippen molar-refractivity contribution in [1.29, 1.82) is 0 Å². The fraction of sp³-hybridized carbons (Fsp3) is 0.880. The van der Waals surface area contributed by atoms with Crippen LogP contribution >= 0.6 is 0 Å². The van der Waals surface area contributed by atoms with Gasteiger partial charge in [-0.25, -0.2) is 0 Å². The van der Waals surface area contributed by atoms with Crippen LogP contribution in [0.2, 0.25) is 0 Å². The van der Waals surface area contributed by atoms with E-state index in [1.54, 1.807) is 12.5 Å². The molecule has 5 rings (SSSR count). The van der Waals surface area contributed by atoms with Crippen molar-refractivity contribution in [1.82, 2.24) is 0 Å². The summed E-state index contributed by atoms with van der Waals surface area (Å²) in [6.45, 7) is 12.6. The second-order valence-corrected chi connectivity index (χ2v) is 11.4. The molecule has 3 saturated carbocycles. The molecular weight excluding hydrogens is 364 g/mol. The van der Waals surface area contributed by atoms with E-state index in [1.807, 2.05) is 0 Å². The first-order chi connectivity index (χ1) is 13.6. The number of rotatable bonds is 1. The van der Waals surface area contributed by atoms with Crippen LogP contribution in [-0.2, 0) is 19.0 Å². The summed E-state index contributed by atoms with van der Waals surface area (Å²) in [4.78, 5) is 11.7. The zero-order valence-electron chi connectivity index (χ0n) is 18.9.